The van der Waals surface area contributed by atoms with Crippen molar-refractivity contribution in [2.24, 2.45) is 11.8 Å². The number of hydrogen-bond acceptors (Lipinski definition) is 2. The Morgan fingerprint density at radius 2 is 0.957 bits per heavy atom. The minimum atomic E-state index is -2.02. The van der Waals surface area contributed by atoms with Crippen molar-refractivity contribution in [3.63, 3.8) is 0 Å². The molecular weight excluding hydrogens is 300 g/mol. The van der Waals surface area contributed by atoms with Gasteiger partial charge < -0.3 is 8.85 Å². The van der Waals surface area contributed by atoms with Crippen molar-refractivity contribution >= 4 is 8.56 Å². The van der Waals surface area contributed by atoms with Crippen molar-refractivity contribution in [1.29, 1.82) is 0 Å². The predicted molar refractivity (Wildman–Crippen MR) is 101 cm³/mol. The van der Waals surface area contributed by atoms with E-state index in [0.717, 1.165) is 25.0 Å². The van der Waals surface area contributed by atoms with Crippen LogP contribution in [-0.2, 0) is 8.85 Å². The molecule has 0 saturated heterocycles. The van der Waals surface area contributed by atoms with Gasteiger partial charge in [0.25, 0.3) is 0 Å². The Kier molecular flexibility index (Phi) is 9.21. The Morgan fingerprint density at radius 1 is 0.609 bits per heavy atom. The van der Waals surface area contributed by atoms with Gasteiger partial charge in [-0.1, -0.05) is 77.0 Å². The zero-order valence-electron chi connectivity index (χ0n) is 15.8. The third-order valence-electron chi connectivity index (χ3n) is 5.96. The topological polar surface area (TPSA) is 18.5 Å². The molecule has 0 N–H and O–H groups in total. The minimum Gasteiger partial charge on any atom is -0.394 e. The maximum absolute atomic E-state index is 6.47. The third kappa shape index (κ3) is 6.87. The molecule has 2 aliphatic rings. The molecule has 0 aromatic rings. The normalized spacial score (nSPS) is 22.7. The van der Waals surface area contributed by atoms with Crippen LogP contribution < -0.4 is 0 Å². The molecule has 136 valence electrons. The zero-order valence-corrected chi connectivity index (χ0v) is 16.8. The Labute approximate surface area is 146 Å². The van der Waals surface area contributed by atoms with Gasteiger partial charge in [0.05, 0.1) is 0 Å². The van der Waals surface area contributed by atoms with Gasteiger partial charge in [0.1, 0.15) is 0 Å². The molecule has 0 aliphatic heterocycles. The Hall–Kier alpha value is 0.137. The zero-order chi connectivity index (χ0) is 16.4. The van der Waals surface area contributed by atoms with Crippen molar-refractivity contribution < 1.29 is 8.85 Å². The maximum Gasteiger partial charge on any atom is 0.338 e. The second-order valence-electron chi connectivity index (χ2n) is 7.90. The van der Waals surface area contributed by atoms with Crippen molar-refractivity contribution in [2.45, 2.75) is 103 Å². The molecule has 23 heavy (non-hydrogen) atoms. The van der Waals surface area contributed by atoms with Gasteiger partial charge in [-0.15, -0.1) is 0 Å². The fourth-order valence-corrected chi connectivity index (χ4v) is 9.25. The third-order valence-corrected chi connectivity index (χ3v) is 9.99. The van der Waals surface area contributed by atoms with Gasteiger partial charge in [-0.25, -0.2) is 0 Å². The van der Waals surface area contributed by atoms with E-state index in [2.05, 4.69) is 13.8 Å². The molecule has 0 bridgehead atoms. The average molecular weight is 341 g/mol. The Bertz CT molecular complexity index is 262. The summed E-state index contributed by atoms with van der Waals surface area (Å²) in [6.45, 7) is 6.01. The summed E-state index contributed by atoms with van der Waals surface area (Å²) in [6, 6.07) is 2.54. The number of rotatable bonds is 8. The van der Waals surface area contributed by atoms with Gasteiger partial charge in [-0.2, -0.15) is 0 Å². The van der Waals surface area contributed by atoms with Crippen LogP contribution in [-0.4, -0.2) is 21.8 Å². The summed E-state index contributed by atoms with van der Waals surface area (Å²) in [5.41, 5.74) is 0. The summed E-state index contributed by atoms with van der Waals surface area (Å²) in [7, 11) is -2.02. The van der Waals surface area contributed by atoms with Gasteiger partial charge in [0.15, 0.2) is 0 Å². The molecule has 0 amide bonds. The largest absolute Gasteiger partial charge is 0.394 e. The van der Waals surface area contributed by atoms with E-state index in [9.17, 15) is 0 Å². The van der Waals surface area contributed by atoms with Crippen LogP contribution in [0.25, 0.3) is 0 Å². The van der Waals surface area contributed by atoms with E-state index in [0.29, 0.717) is 0 Å². The first-order chi connectivity index (χ1) is 11.3. The van der Waals surface area contributed by atoms with Crippen LogP contribution in [0, 0.1) is 11.8 Å². The molecule has 0 aromatic carbocycles. The molecule has 0 radical (unpaired) electrons. The van der Waals surface area contributed by atoms with Crippen LogP contribution in [0.5, 0.6) is 0 Å². The molecule has 0 unspecified atom stereocenters. The van der Waals surface area contributed by atoms with Gasteiger partial charge >= 0.3 is 8.56 Å². The van der Waals surface area contributed by atoms with Crippen LogP contribution in [0.1, 0.15) is 90.9 Å². The van der Waals surface area contributed by atoms with Crippen molar-refractivity contribution in [1.82, 2.24) is 0 Å². The summed E-state index contributed by atoms with van der Waals surface area (Å²) in [5.74, 6) is 1.74. The smallest absolute Gasteiger partial charge is 0.338 e. The second-order valence-corrected chi connectivity index (χ2v) is 11.1. The molecule has 2 aliphatic carbocycles. The summed E-state index contributed by atoms with van der Waals surface area (Å²) in [4.78, 5) is 0. The van der Waals surface area contributed by atoms with Gasteiger partial charge in [-0.05, 0) is 37.8 Å². The highest BCUT2D eigenvalue weighted by molar-refractivity contribution is 6.67. The molecule has 2 nitrogen and oxygen atoms in total. The number of hydrogen-bond donors (Lipinski definition) is 0. The highest BCUT2D eigenvalue weighted by atomic mass is 28.4. The van der Waals surface area contributed by atoms with Crippen LogP contribution in [0.15, 0.2) is 0 Å². The molecule has 3 heteroatoms. The van der Waals surface area contributed by atoms with E-state index in [1.165, 1.54) is 89.1 Å². The quantitative estimate of drug-likeness (QED) is 0.374. The SMILES string of the molecule is CCO[Si](CC1CCCCCC1)(CC1CCCCCC1)OCC. The lowest BCUT2D eigenvalue weighted by Gasteiger charge is -2.35. The van der Waals surface area contributed by atoms with Gasteiger partial charge in [-0.3, -0.25) is 0 Å². The maximum atomic E-state index is 6.47. The molecule has 0 heterocycles. The first-order valence-corrected chi connectivity index (χ1v) is 12.8. The minimum absolute atomic E-state index is 0.839. The van der Waals surface area contributed by atoms with E-state index in [1.54, 1.807) is 0 Å². The van der Waals surface area contributed by atoms with Crippen LogP contribution >= 0.6 is 0 Å². The summed E-state index contributed by atoms with van der Waals surface area (Å²) >= 11 is 0. The molecule has 0 spiro atoms. The second kappa shape index (κ2) is 10.9. The van der Waals surface area contributed by atoms with Crippen LogP contribution in [0.2, 0.25) is 12.1 Å². The lowest BCUT2D eigenvalue weighted by molar-refractivity contribution is 0.168. The van der Waals surface area contributed by atoms with E-state index >= 15 is 0 Å². The van der Waals surface area contributed by atoms with E-state index in [4.69, 9.17) is 8.85 Å². The fraction of sp³-hybridized carbons (Fsp3) is 1.00. The highest BCUT2D eigenvalue weighted by Crippen LogP contribution is 2.37. The molecule has 2 saturated carbocycles. The Morgan fingerprint density at radius 3 is 1.26 bits per heavy atom. The molecule has 2 rings (SSSR count). The molecule has 0 atom stereocenters. The van der Waals surface area contributed by atoms with Crippen molar-refractivity contribution in [3.05, 3.63) is 0 Å². The predicted octanol–water partition coefficient (Wildman–Crippen LogP) is 6.44. The monoisotopic (exact) mass is 340 g/mol. The first-order valence-electron chi connectivity index (χ1n) is 10.6. The van der Waals surface area contributed by atoms with Crippen LogP contribution in [0.3, 0.4) is 0 Å². The lowest BCUT2D eigenvalue weighted by atomic mass is 10.0. The van der Waals surface area contributed by atoms with E-state index < -0.39 is 8.56 Å². The lowest BCUT2D eigenvalue weighted by Crippen LogP contribution is -2.45. The van der Waals surface area contributed by atoms with Crippen molar-refractivity contribution in [3.8, 4) is 0 Å². The fourth-order valence-electron chi connectivity index (χ4n) is 4.90. The summed E-state index contributed by atoms with van der Waals surface area (Å²) in [6.07, 6.45) is 17.1. The van der Waals surface area contributed by atoms with E-state index in [-0.39, 0.29) is 0 Å². The van der Waals surface area contributed by atoms with Gasteiger partial charge in [0.2, 0.25) is 0 Å². The Balaban J connectivity index is 2.02. The van der Waals surface area contributed by atoms with E-state index in [1.807, 2.05) is 0 Å². The summed E-state index contributed by atoms with van der Waals surface area (Å²) < 4.78 is 12.9. The highest BCUT2D eigenvalue weighted by Gasteiger charge is 2.41. The first kappa shape index (κ1) is 19.5. The molecular formula is C20H40O2Si. The van der Waals surface area contributed by atoms with Gasteiger partial charge in [0, 0.05) is 13.2 Å². The average Bonchev–Trinajstić information content (AvgIpc) is 2.93. The molecule has 0 aromatic heterocycles. The molecule has 2 fully saturated rings. The van der Waals surface area contributed by atoms with Crippen molar-refractivity contribution in [2.75, 3.05) is 13.2 Å². The van der Waals surface area contributed by atoms with Crippen LogP contribution in [0.4, 0.5) is 0 Å². The summed E-state index contributed by atoms with van der Waals surface area (Å²) in [5, 5.41) is 0. The standard InChI is InChI=1S/C20H40O2Si/c1-3-21-23(22-4-2,17-19-13-9-5-6-10-14-19)18-20-15-11-7-8-12-16-20/h19-20H,3-18H2,1-2H3.